The number of hydrogen-bond acceptors (Lipinski definition) is 6. The quantitative estimate of drug-likeness (QED) is 0.764. The summed E-state index contributed by atoms with van der Waals surface area (Å²) in [5, 5.41) is 15.1. The molecular formula is C19H27N5O2S. The van der Waals surface area contributed by atoms with Crippen LogP contribution in [0.3, 0.4) is 0 Å². The standard InChI is InChI=1S/C19H27N5O2S/c1-13(17(25)20-15-9-7-14(8-10-15)19(2,3)4)27-18-21-22-23-24(18)12-16-6-5-11-26-16/h7-10,13,16H,5-6,11-12H2,1-4H3,(H,20,25). The molecule has 1 aromatic carbocycles. The van der Waals surface area contributed by atoms with E-state index in [1.165, 1.54) is 17.3 Å². The van der Waals surface area contributed by atoms with Crippen LogP contribution in [0.15, 0.2) is 29.4 Å². The van der Waals surface area contributed by atoms with Gasteiger partial charge < -0.3 is 10.1 Å². The second-order valence-corrected chi connectivity index (χ2v) is 9.16. The van der Waals surface area contributed by atoms with Gasteiger partial charge in [-0.1, -0.05) is 44.7 Å². The maximum atomic E-state index is 12.5. The van der Waals surface area contributed by atoms with Crippen LogP contribution in [0.4, 0.5) is 5.69 Å². The molecular weight excluding hydrogens is 362 g/mol. The number of aromatic nitrogens is 4. The molecule has 8 heteroatoms. The fourth-order valence-corrected chi connectivity index (χ4v) is 3.68. The highest BCUT2D eigenvalue weighted by atomic mass is 32.2. The summed E-state index contributed by atoms with van der Waals surface area (Å²) in [5.74, 6) is -0.0739. The van der Waals surface area contributed by atoms with E-state index < -0.39 is 0 Å². The first kappa shape index (κ1) is 19.8. The molecule has 1 aromatic heterocycles. The fourth-order valence-electron chi connectivity index (χ4n) is 2.89. The largest absolute Gasteiger partial charge is 0.376 e. The number of carbonyl (C=O) groups excluding carboxylic acids is 1. The predicted octanol–water partition coefficient (Wildman–Crippen LogP) is 3.27. The second kappa shape index (κ2) is 8.39. The van der Waals surface area contributed by atoms with E-state index in [9.17, 15) is 4.79 Å². The van der Waals surface area contributed by atoms with Gasteiger partial charge in [0.1, 0.15) is 0 Å². The lowest BCUT2D eigenvalue weighted by atomic mass is 9.87. The van der Waals surface area contributed by atoms with Crippen molar-refractivity contribution in [2.45, 2.75) is 69.0 Å². The van der Waals surface area contributed by atoms with Gasteiger partial charge in [-0.15, -0.1) is 5.10 Å². The van der Waals surface area contributed by atoms with Crippen molar-refractivity contribution in [1.82, 2.24) is 20.2 Å². The van der Waals surface area contributed by atoms with Crippen LogP contribution in [-0.2, 0) is 21.5 Å². The van der Waals surface area contributed by atoms with E-state index >= 15 is 0 Å². The summed E-state index contributed by atoms with van der Waals surface area (Å²) in [6.45, 7) is 9.77. The van der Waals surface area contributed by atoms with E-state index in [1.54, 1.807) is 4.68 Å². The topological polar surface area (TPSA) is 81.9 Å². The molecule has 146 valence electrons. The van der Waals surface area contributed by atoms with Crippen LogP contribution in [0.1, 0.15) is 46.1 Å². The number of nitrogens with zero attached hydrogens (tertiary/aromatic N) is 4. The summed E-state index contributed by atoms with van der Waals surface area (Å²) >= 11 is 1.35. The highest BCUT2D eigenvalue weighted by molar-refractivity contribution is 8.00. The maximum Gasteiger partial charge on any atom is 0.237 e. The smallest absolute Gasteiger partial charge is 0.237 e. The Morgan fingerprint density at radius 2 is 2.11 bits per heavy atom. The summed E-state index contributed by atoms with van der Waals surface area (Å²) in [6, 6.07) is 7.99. The minimum Gasteiger partial charge on any atom is -0.376 e. The van der Waals surface area contributed by atoms with E-state index in [2.05, 4.69) is 53.7 Å². The predicted molar refractivity (Wildman–Crippen MR) is 106 cm³/mol. The zero-order chi connectivity index (χ0) is 19.4. The van der Waals surface area contributed by atoms with Crippen LogP contribution in [0.5, 0.6) is 0 Å². The molecule has 27 heavy (non-hydrogen) atoms. The van der Waals surface area contributed by atoms with Gasteiger partial charge in [-0.05, 0) is 53.3 Å². The van der Waals surface area contributed by atoms with Gasteiger partial charge in [0.05, 0.1) is 17.9 Å². The molecule has 1 amide bonds. The first-order valence-electron chi connectivity index (χ1n) is 9.29. The monoisotopic (exact) mass is 389 g/mol. The van der Waals surface area contributed by atoms with Crippen molar-refractivity contribution in [1.29, 1.82) is 0 Å². The van der Waals surface area contributed by atoms with Crippen molar-refractivity contribution in [2.24, 2.45) is 0 Å². The van der Waals surface area contributed by atoms with E-state index in [0.29, 0.717) is 11.7 Å². The van der Waals surface area contributed by atoms with Crippen molar-refractivity contribution in [3.8, 4) is 0 Å². The molecule has 1 aliphatic heterocycles. The fraction of sp³-hybridized carbons (Fsp3) is 0.579. The highest BCUT2D eigenvalue weighted by Crippen LogP contribution is 2.25. The van der Waals surface area contributed by atoms with Gasteiger partial charge in [0.15, 0.2) is 0 Å². The molecule has 1 aliphatic rings. The Bertz CT molecular complexity index is 763. The number of amides is 1. The summed E-state index contributed by atoms with van der Waals surface area (Å²) < 4.78 is 7.37. The molecule has 2 heterocycles. The lowest BCUT2D eigenvalue weighted by Crippen LogP contribution is -2.24. The zero-order valence-corrected chi connectivity index (χ0v) is 17.1. The van der Waals surface area contributed by atoms with Crippen molar-refractivity contribution in [2.75, 3.05) is 11.9 Å². The lowest BCUT2D eigenvalue weighted by Gasteiger charge is -2.19. The first-order valence-corrected chi connectivity index (χ1v) is 10.2. The molecule has 1 saturated heterocycles. The van der Waals surface area contributed by atoms with Crippen molar-refractivity contribution in [3.05, 3.63) is 29.8 Å². The van der Waals surface area contributed by atoms with E-state index in [4.69, 9.17) is 4.74 Å². The molecule has 0 bridgehead atoms. The average Bonchev–Trinajstić information content (AvgIpc) is 3.27. The number of benzene rings is 1. The number of anilines is 1. The van der Waals surface area contributed by atoms with Gasteiger partial charge >= 0.3 is 0 Å². The van der Waals surface area contributed by atoms with E-state index in [1.807, 2.05) is 19.1 Å². The molecule has 0 radical (unpaired) electrons. The Balaban J connectivity index is 1.57. The third-order valence-corrected chi connectivity index (χ3v) is 5.64. The second-order valence-electron chi connectivity index (χ2n) is 7.86. The Morgan fingerprint density at radius 3 is 2.74 bits per heavy atom. The van der Waals surface area contributed by atoms with Gasteiger partial charge in [0, 0.05) is 12.3 Å². The molecule has 3 rings (SSSR count). The Labute approximate surface area is 164 Å². The number of rotatable bonds is 6. The average molecular weight is 390 g/mol. The number of tetrazole rings is 1. The van der Waals surface area contributed by atoms with Crippen molar-refractivity contribution in [3.63, 3.8) is 0 Å². The molecule has 2 atom stereocenters. The molecule has 1 fully saturated rings. The van der Waals surface area contributed by atoms with Crippen LogP contribution >= 0.6 is 11.8 Å². The number of thioether (sulfide) groups is 1. The Kier molecular flexibility index (Phi) is 6.16. The number of ether oxygens (including phenoxy) is 1. The number of hydrogen-bond donors (Lipinski definition) is 1. The minimum absolute atomic E-state index is 0.0739. The highest BCUT2D eigenvalue weighted by Gasteiger charge is 2.22. The summed E-state index contributed by atoms with van der Waals surface area (Å²) in [5.41, 5.74) is 2.11. The normalized spacial score (nSPS) is 18.4. The van der Waals surface area contributed by atoms with Crippen LogP contribution in [0.2, 0.25) is 0 Å². The van der Waals surface area contributed by atoms with Gasteiger partial charge in [0.25, 0.3) is 0 Å². The lowest BCUT2D eigenvalue weighted by molar-refractivity contribution is -0.115. The summed E-state index contributed by atoms with van der Waals surface area (Å²) in [7, 11) is 0. The van der Waals surface area contributed by atoms with Gasteiger partial charge in [0.2, 0.25) is 11.1 Å². The molecule has 2 aromatic rings. The van der Waals surface area contributed by atoms with Crippen LogP contribution in [0.25, 0.3) is 0 Å². The summed E-state index contributed by atoms with van der Waals surface area (Å²) in [4.78, 5) is 12.5. The van der Waals surface area contributed by atoms with Crippen LogP contribution < -0.4 is 5.32 Å². The van der Waals surface area contributed by atoms with Gasteiger partial charge in [-0.2, -0.15) is 0 Å². The SMILES string of the molecule is CC(Sc1nnnn1CC1CCCO1)C(=O)Nc1ccc(C(C)(C)C)cc1. The number of carbonyl (C=O) groups is 1. The van der Waals surface area contributed by atoms with Gasteiger partial charge in [-0.25, -0.2) is 4.68 Å². The third-order valence-electron chi connectivity index (χ3n) is 4.57. The van der Waals surface area contributed by atoms with Crippen LogP contribution in [-0.4, -0.2) is 44.1 Å². The molecule has 0 spiro atoms. The van der Waals surface area contributed by atoms with Crippen molar-refractivity contribution >= 4 is 23.4 Å². The van der Waals surface area contributed by atoms with E-state index in [0.717, 1.165) is 25.1 Å². The molecule has 2 unspecified atom stereocenters. The van der Waals surface area contributed by atoms with E-state index in [-0.39, 0.29) is 22.7 Å². The summed E-state index contributed by atoms with van der Waals surface area (Å²) in [6.07, 6.45) is 2.24. The molecule has 1 N–H and O–H groups in total. The first-order chi connectivity index (χ1) is 12.8. The molecule has 7 nitrogen and oxygen atoms in total. The van der Waals surface area contributed by atoms with Crippen LogP contribution in [0, 0.1) is 0 Å². The zero-order valence-electron chi connectivity index (χ0n) is 16.3. The molecule has 0 saturated carbocycles. The third kappa shape index (κ3) is 5.29. The van der Waals surface area contributed by atoms with Crippen molar-refractivity contribution < 1.29 is 9.53 Å². The van der Waals surface area contributed by atoms with Gasteiger partial charge in [-0.3, -0.25) is 4.79 Å². The maximum absolute atomic E-state index is 12.5. The number of nitrogens with one attached hydrogen (secondary N) is 1. The Morgan fingerprint density at radius 1 is 1.37 bits per heavy atom. The minimum atomic E-state index is -0.318. The molecule has 0 aliphatic carbocycles. The Hall–Kier alpha value is -1.93.